The summed E-state index contributed by atoms with van der Waals surface area (Å²) in [6, 6.07) is 1.06. The predicted molar refractivity (Wildman–Crippen MR) is 74.9 cm³/mol. The molecule has 0 spiro atoms. The maximum Gasteiger partial charge on any atom is 0.0839 e. The monoisotopic (exact) mass is 272 g/mol. The van der Waals surface area contributed by atoms with Gasteiger partial charge >= 0.3 is 0 Å². The van der Waals surface area contributed by atoms with Crippen molar-refractivity contribution >= 4 is 0 Å². The number of hydrogen-bond acceptors (Lipinski definition) is 4. The summed E-state index contributed by atoms with van der Waals surface area (Å²) in [4.78, 5) is 0. The number of fused-ring (bicyclic) bond motifs is 2. The molecule has 0 amide bonds. The second-order valence-corrected chi connectivity index (χ2v) is 5.93. The van der Waals surface area contributed by atoms with Crippen molar-refractivity contribution < 1.29 is 0 Å². The second kappa shape index (κ2) is 4.17. The van der Waals surface area contributed by atoms with Gasteiger partial charge in [-0.15, -0.1) is 0 Å². The van der Waals surface area contributed by atoms with E-state index in [0.717, 1.165) is 13.0 Å². The molecule has 2 aromatic rings. The van der Waals surface area contributed by atoms with Crippen molar-refractivity contribution in [2.45, 2.75) is 38.0 Å². The first kappa shape index (κ1) is 12.1. The molecule has 0 fully saturated rings. The van der Waals surface area contributed by atoms with Crippen molar-refractivity contribution in [1.29, 1.82) is 0 Å². The average molecular weight is 272 g/mol. The van der Waals surface area contributed by atoms with Crippen LogP contribution in [-0.4, -0.2) is 19.6 Å². The fourth-order valence-corrected chi connectivity index (χ4v) is 3.67. The van der Waals surface area contributed by atoms with Crippen molar-refractivity contribution in [3.63, 3.8) is 0 Å². The molecule has 2 aliphatic rings. The Bertz CT molecular complexity index is 655. The Labute approximate surface area is 118 Å². The van der Waals surface area contributed by atoms with Crippen molar-refractivity contribution in [2.24, 2.45) is 14.1 Å². The van der Waals surface area contributed by atoms with Gasteiger partial charge in [-0.05, 0) is 13.3 Å². The van der Waals surface area contributed by atoms with E-state index in [4.69, 9.17) is 0 Å². The minimum absolute atomic E-state index is 0.335. The zero-order valence-corrected chi connectivity index (χ0v) is 12.1. The van der Waals surface area contributed by atoms with Gasteiger partial charge < -0.3 is 10.6 Å². The van der Waals surface area contributed by atoms with Gasteiger partial charge in [0, 0.05) is 50.0 Å². The van der Waals surface area contributed by atoms with Gasteiger partial charge in [0.25, 0.3) is 0 Å². The first-order valence-corrected chi connectivity index (χ1v) is 7.17. The summed E-state index contributed by atoms with van der Waals surface area (Å²) in [5, 5.41) is 16.2. The Morgan fingerprint density at radius 3 is 3.05 bits per heavy atom. The largest absolute Gasteiger partial charge is 0.304 e. The molecule has 0 radical (unpaired) electrons. The summed E-state index contributed by atoms with van der Waals surface area (Å²) in [5.41, 5.74) is 5.19. The van der Waals surface area contributed by atoms with E-state index in [2.05, 4.69) is 34.0 Å². The van der Waals surface area contributed by atoms with E-state index in [9.17, 15) is 0 Å². The van der Waals surface area contributed by atoms with Crippen LogP contribution in [0.15, 0.2) is 12.4 Å². The minimum Gasteiger partial charge on any atom is -0.304 e. The van der Waals surface area contributed by atoms with Crippen LogP contribution in [-0.2, 0) is 20.6 Å². The Balaban J connectivity index is 1.59. The number of aromatic nitrogens is 4. The van der Waals surface area contributed by atoms with Gasteiger partial charge in [0.2, 0.25) is 0 Å². The highest BCUT2D eigenvalue weighted by Gasteiger charge is 2.35. The molecule has 0 saturated heterocycles. The van der Waals surface area contributed by atoms with Crippen LogP contribution in [0.3, 0.4) is 0 Å². The molecule has 3 unspecified atom stereocenters. The summed E-state index contributed by atoms with van der Waals surface area (Å²) in [5.74, 6) is 0. The van der Waals surface area contributed by atoms with Gasteiger partial charge in [0.15, 0.2) is 0 Å². The number of nitrogens with zero attached hydrogens (tertiary/aromatic N) is 4. The lowest BCUT2D eigenvalue weighted by atomic mass is 10.0. The standard InChI is InChI=1S/C14H20N6/c1-8-14-10(6-16-20(14)3)11(17-8)4-12-13-9(5-15-12)7-19(2)18-13/h6-8,11-12,15,17H,4-5H2,1-3H3. The Kier molecular flexibility index (Phi) is 2.52. The van der Waals surface area contributed by atoms with Gasteiger partial charge in [-0.3, -0.25) is 9.36 Å². The fraction of sp³-hybridized carbons (Fsp3) is 0.571. The number of rotatable bonds is 2. The Hall–Kier alpha value is -1.66. The first-order chi connectivity index (χ1) is 9.63. The molecule has 4 rings (SSSR count). The molecule has 2 aromatic heterocycles. The van der Waals surface area contributed by atoms with Crippen molar-refractivity contribution in [3.8, 4) is 0 Å². The molecule has 3 atom stereocenters. The smallest absolute Gasteiger partial charge is 0.0839 e. The van der Waals surface area contributed by atoms with Crippen molar-refractivity contribution in [2.75, 3.05) is 0 Å². The van der Waals surface area contributed by atoms with E-state index in [0.29, 0.717) is 18.1 Å². The molecular weight excluding hydrogens is 252 g/mol. The number of aryl methyl sites for hydroxylation is 2. The van der Waals surface area contributed by atoms with Crippen LogP contribution in [0, 0.1) is 0 Å². The highest BCUT2D eigenvalue weighted by atomic mass is 15.3. The van der Waals surface area contributed by atoms with Gasteiger partial charge in [-0.2, -0.15) is 10.2 Å². The van der Waals surface area contributed by atoms with Gasteiger partial charge in [-0.25, -0.2) is 0 Å². The lowest BCUT2D eigenvalue weighted by Crippen LogP contribution is -2.23. The van der Waals surface area contributed by atoms with E-state index >= 15 is 0 Å². The van der Waals surface area contributed by atoms with Crippen LogP contribution in [0.2, 0.25) is 0 Å². The van der Waals surface area contributed by atoms with E-state index in [1.54, 1.807) is 0 Å². The first-order valence-electron chi connectivity index (χ1n) is 7.17. The molecular formula is C14H20N6. The summed E-state index contributed by atoms with van der Waals surface area (Å²) >= 11 is 0. The van der Waals surface area contributed by atoms with Crippen LogP contribution < -0.4 is 10.6 Å². The van der Waals surface area contributed by atoms with E-state index in [1.165, 1.54) is 22.5 Å². The predicted octanol–water partition coefficient (Wildman–Crippen LogP) is 1.09. The lowest BCUT2D eigenvalue weighted by molar-refractivity contribution is 0.410. The zero-order chi connectivity index (χ0) is 13.9. The van der Waals surface area contributed by atoms with Crippen LogP contribution >= 0.6 is 0 Å². The third-order valence-corrected chi connectivity index (χ3v) is 4.53. The SMILES string of the molecule is CC1NC(CC2NCc3cn(C)nc32)c2cnn(C)c21. The maximum absolute atomic E-state index is 4.60. The normalized spacial score (nSPS) is 27.9. The summed E-state index contributed by atoms with van der Waals surface area (Å²) in [6.45, 7) is 3.13. The fourth-order valence-electron chi connectivity index (χ4n) is 3.67. The third kappa shape index (κ3) is 1.65. The molecule has 6 heteroatoms. The molecule has 6 nitrogen and oxygen atoms in total. The maximum atomic E-state index is 4.60. The molecule has 0 aromatic carbocycles. The topological polar surface area (TPSA) is 59.7 Å². The van der Waals surface area contributed by atoms with Gasteiger partial charge in [0.1, 0.15) is 0 Å². The van der Waals surface area contributed by atoms with E-state index in [-0.39, 0.29) is 0 Å². The van der Waals surface area contributed by atoms with Crippen molar-refractivity contribution in [3.05, 3.63) is 34.9 Å². The number of nitrogens with one attached hydrogen (secondary N) is 2. The van der Waals surface area contributed by atoms with Crippen LogP contribution in [0.25, 0.3) is 0 Å². The quantitative estimate of drug-likeness (QED) is 0.859. The summed E-state index contributed by atoms with van der Waals surface area (Å²) in [7, 11) is 4.01. The minimum atomic E-state index is 0.335. The van der Waals surface area contributed by atoms with E-state index in [1.807, 2.05) is 29.7 Å². The molecule has 106 valence electrons. The average Bonchev–Trinajstić information content (AvgIpc) is 3.09. The molecule has 4 heterocycles. The molecule has 0 aliphatic carbocycles. The molecule has 0 saturated carbocycles. The molecule has 2 aliphatic heterocycles. The van der Waals surface area contributed by atoms with E-state index < -0.39 is 0 Å². The van der Waals surface area contributed by atoms with Crippen molar-refractivity contribution in [1.82, 2.24) is 30.2 Å². The zero-order valence-electron chi connectivity index (χ0n) is 12.1. The van der Waals surface area contributed by atoms with Crippen LogP contribution in [0.5, 0.6) is 0 Å². The van der Waals surface area contributed by atoms with Crippen LogP contribution in [0.1, 0.15) is 54.0 Å². The molecule has 20 heavy (non-hydrogen) atoms. The number of hydrogen-bond donors (Lipinski definition) is 2. The second-order valence-electron chi connectivity index (χ2n) is 5.93. The lowest BCUT2D eigenvalue weighted by Gasteiger charge is -2.17. The van der Waals surface area contributed by atoms with Gasteiger partial charge in [-0.1, -0.05) is 0 Å². The third-order valence-electron chi connectivity index (χ3n) is 4.53. The summed E-state index contributed by atoms with van der Waals surface area (Å²) in [6.07, 6.45) is 5.14. The molecule has 0 bridgehead atoms. The van der Waals surface area contributed by atoms with Crippen LogP contribution in [0.4, 0.5) is 0 Å². The van der Waals surface area contributed by atoms with Gasteiger partial charge in [0.05, 0.1) is 23.6 Å². The summed E-state index contributed by atoms with van der Waals surface area (Å²) < 4.78 is 3.90. The highest BCUT2D eigenvalue weighted by molar-refractivity contribution is 5.32. The Morgan fingerprint density at radius 2 is 2.20 bits per heavy atom. The highest BCUT2D eigenvalue weighted by Crippen LogP contribution is 2.39. The molecule has 2 N–H and O–H groups in total. The Morgan fingerprint density at radius 1 is 1.35 bits per heavy atom.